The summed E-state index contributed by atoms with van der Waals surface area (Å²) in [6, 6.07) is 0. The van der Waals surface area contributed by atoms with Crippen molar-refractivity contribution in [3.05, 3.63) is 0 Å². The molecule has 2 atom stereocenters. The van der Waals surface area contributed by atoms with Crippen molar-refractivity contribution in [3.63, 3.8) is 0 Å². The van der Waals surface area contributed by atoms with Gasteiger partial charge in [-0.05, 0) is 37.5 Å². The average molecular weight is 183 g/mol. The quantitative estimate of drug-likeness (QED) is 0.697. The van der Waals surface area contributed by atoms with E-state index in [1.165, 1.54) is 0 Å². The molecule has 0 aromatic heterocycles. The Kier molecular flexibility index (Phi) is 1.67. The monoisotopic (exact) mass is 183 g/mol. The molecule has 0 aromatic carbocycles. The third-order valence-electron chi connectivity index (χ3n) is 4.51. The maximum Gasteiger partial charge on any atom is 0.0721 e. The molecule has 0 radical (unpaired) electrons. The molecule has 0 bridgehead atoms. The van der Waals surface area contributed by atoms with Crippen LogP contribution in [-0.2, 0) is 0 Å². The van der Waals surface area contributed by atoms with Crippen molar-refractivity contribution in [1.29, 1.82) is 0 Å². The third kappa shape index (κ3) is 1.15. The summed E-state index contributed by atoms with van der Waals surface area (Å²) in [7, 11) is 0. The number of nitrogens with two attached hydrogens (primary N) is 1. The number of rotatable bonds is 3. The Morgan fingerprint density at radius 2 is 1.92 bits per heavy atom. The highest BCUT2D eigenvalue weighted by molar-refractivity contribution is 5.17. The average Bonchev–Trinajstić information content (AvgIpc) is 2.85. The minimum absolute atomic E-state index is 0.0609. The van der Waals surface area contributed by atoms with Crippen LogP contribution in [0.15, 0.2) is 0 Å². The van der Waals surface area contributed by atoms with Crippen LogP contribution >= 0.6 is 0 Å². The normalized spacial score (nSPS) is 38.1. The lowest BCUT2D eigenvalue weighted by atomic mass is 9.79. The molecule has 76 valence electrons. The van der Waals surface area contributed by atoms with Gasteiger partial charge in [0.1, 0.15) is 0 Å². The first-order valence-corrected chi connectivity index (χ1v) is 5.28. The predicted octanol–water partition coefficient (Wildman–Crippen LogP) is 1.52. The summed E-state index contributed by atoms with van der Waals surface area (Å²) >= 11 is 0. The molecule has 2 saturated carbocycles. The first-order valence-electron chi connectivity index (χ1n) is 5.28. The molecule has 3 N–H and O–H groups in total. The molecule has 2 rings (SSSR count). The smallest absolute Gasteiger partial charge is 0.0721 e. The van der Waals surface area contributed by atoms with E-state index in [2.05, 4.69) is 13.8 Å². The highest BCUT2D eigenvalue weighted by atomic mass is 16.3. The number of aliphatic hydroxyl groups is 1. The van der Waals surface area contributed by atoms with Crippen molar-refractivity contribution < 1.29 is 5.11 Å². The molecule has 2 nitrogen and oxygen atoms in total. The third-order valence-corrected chi connectivity index (χ3v) is 4.51. The highest BCUT2D eigenvalue weighted by Gasteiger charge is 2.66. The molecule has 2 aliphatic rings. The predicted molar refractivity (Wildman–Crippen MR) is 53.2 cm³/mol. The number of hydrogen-bond acceptors (Lipinski definition) is 2. The molecule has 13 heavy (non-hydrogen) atoms. The zero-order valence-electron chi connectivity index (χ0n) is 8.93. The van der Waals surface area contributed by atoms with Gasteiger partial charge in [0.25, 0.3) is 0 Å². The number of hydrogen-bond donors (Lipinski definition) is 2. The SMILES string of the molecule is CC1(C)CC1C(C)(O)C1(CN)CC1. The van der Waals surface area contributed by atoms with Crippen LogP contribution in [0.4, 0.5) is 0 Å². The van der Waals surface area contributed by atoms with Crippen LogP contribution in [0.5, 0.6) is 0 Å². The van der Waals surface area contributed by atoms with Crippen LogP contribution < -0.4 is 5.73 Å². The zero-order valence-corrected chi connectivity index (χ0v) is 8.93. The minimum atomic E-state index is -0.523. The Morgan fingerprint density at radius 1 is 1.46 bits per heavy atom. The van der Waals surface area contributed by atoms with E-state index in [1.807, 2.05) is 6.92 Å². The fourth-order valence-corrected chi connectivity index (χ4v) is 2.86. The van der Waals surface area contributed by atoms with Crippen LogP contribution in [-0.4, -0.2) is 17.3 Å². The zero-order chi connectivity index (χ0) is 9.91. The van der Waals surface area contributed by atoms with Crippen molar-refractivity contribution in [2.75, 3.05) is 6.54 Å². The molecule has 0 aromatic rings. The molecular weight excluding hydrogens is 162 g/mol. The molecule has 0 amide bonds. The molecule has 2 aliphatic carbocycles. The second-order valence-corrected chi connectivity index (χ2v) is 5.88. The van der Waals surface area contributed by atoms with Gasteiger partial charge >= 0.3 is 0 Å². The fourth-order valence-electron chi connectivity index (χ4n) is 2.86. The van der Waals surface area contributed by atoms with Gasteiger partial charge in [0, 0.05) is 12.0 Å². The Morgan fingerprint density at radius 3 is 2.15 bits per heavy atom. The van der Waals surface area contributed by atoms with Gasteiger partial charge in [0.05, 0.1) is 5.60 Å². The summed E-state index contributed by atoms with van der Waals surface area (Å²) in [5.41, 5.74) is 5.63. The van der Waals surface area contributed by atoms with E-state index in [4.69, 9.17) is 5.73 Å². The van der Waals surface area contributed by atoms with Crippen LogP contribution in [0.2, 0.25) is 0 Å². The van der Waals surface area contributed by atoms with Crippen LogP contribution in [0.25, 0.3) is 0 Å². The second-order valence-electron chi connectivity index (χ2n) is 5.88. The Hall–Kier alpha value is -0.0800. The van der Waals surface area contributed by atoms with E-state index in [1.54, 1.807) is 0 Å². The summed E-state index contributed by atoms with van der Waals surface area (Å²) < 4.78 is 0. The standard InChI is InChI=1S/C11H21NO/c1-9(2)6-8(9)10(3,13)11(7-12)4-5-11/h8,13H,4-7,12H2,1-3H3. The van der Waals surface area contributed by atoms with Gasteiger partial charge in [-0.25, -0.2) is 0 Å². The molecule has 2 heteroatoms. The van der Waals surface area contributed by atoms with E-state index in [0.717, 1.165) is 19.3 Å². The maximum absolute atomic E-state index is 10.5. The summed E-state index contributed by atoms with van der Waals surface area (Å²) in [4.78, 5) is 0. The van der Waals surface area contributed by atoms with Crippen molar-refractivity contribution in [1.82, 2.24) is 0 Å². The lowest BCUT2D eigenvalue weighted by molar-refractivity contribution is -0.0417. The first-order chi connectivity index (χ1) is 5.86. The molecular formula is C11H21NO. The Labute approximate surface area is 80.5 Å². The highest BCUT2D eigenvalue weighted by Crippen LogP contribution is 2.67. The lowest BCUT2D eigenvalue weighted by Gasteiger charge is -2.34. The lowest BCUT2D eigenvalue weighted by Crippen LogP contribution is -2.44. The van der Waals surface area contributed by atoms with Crippen molar-refractivity contribution in [3.8, 4) is 0 Å². The summed E-state index contributed by atoms with van der Waals surface area (Å²) in [6.45, 7) is 7.11. The summed E-state index contributed by atoms with van der Waals surface area (Å²) in [6.07, 6.45) is 3.38. The second kappa shape index (κ2) is 2.29. The molecule has 0 heterocycles. The van der Waals surface area contributed by atoms with Crippen LogP contribution in [0, 0.1) is 16.7 Å². The molecule has 0 aliphatic heterocycles. The fraction of sp³-hybridized carbons (Fsp3) is 1.00. The molecule has 2 unspecified atom stereocenters. The molecule has 2 fully saturated rings. The van der Waals surface area contributed by atoms with Gasteiger partial charge in [0.15, 0.2) is 0 Å². The summed E-state index contributed by atoms with van der Waals surface area (Å²) in [5, 5.41) is 10.5. The Balaban J connectivity index is 2.13. The molecule has 0 saturated heterocycles. The van der Waals surface area contributed by atoms with Gasteiger partial charge < -0.3 is 10.8 Å². The van der Waals surface area contributed by atoms with E-state index < -0.39 is 5.60 Å². The van der Waals surface area contributed by atoms with Gasteiger partial charge in [-0.2, -0.15) is 0 Å². The van der Waals surface area contributed by atoms with Gasteiger partial charge in [0.2, 0.25) is 0 Å². The van der Waals surface area contributed by atoms with E-state index in [-0.39, 0.29) is 5.41 Å². The molecule has 0 spiro atoms. The van der Waals surface area contributed by atoms with E-state index in [0.29, 0.717) is 17.9 Å². The summed E-state index contributed by atoms with van der Waals surface area (Å²) in [5.74, 6) is 0.464. The first kappa shape index (κ1) is 9.47. The van der Waals surface area contributed by atoms with Gasteiger partial charge in [-0.1, -0.05) is 13.8 Å². The van der Waals surface area contributed by atoms with Gasteiger partial charge in [-0.15, -0.1) is 0 Å². The van der Waals surface area contributed by atoms with E-state index in [9.17, 15) is 5.11 Å². The maximum atomic E-state index is 10.5. The van der Waals surface area contributed by atoms with Gasteiger partial charge in [-0.3, -0.25) is 0 Å². The van der Waals surface area contributed by atoms with Crippen molar-refractivity contribution in [2.45, 2.75) is 45.6 Å². The van der Waals surface area contributed by atoms with Crippen molar-refractivity contribution >= 4 is 0 Å². The topological polar surface area (TPSA) is 46.2 Å². The van der Waals surface area contributed by atoms with E-state index >= 15 is 0 Å². The Bertz CT molecular complexity index is 228. The van der Waals surface area contributed by atoms with Crippen LogP contribution in [0.3, 0.4) is 0 Å². The largest absolute Gasteiger partial charge is 0.389 e. The minimum Gasteiger partial charge on any atom is -0.389 e. The van der Waals surface area contributed by atoms with Crippen molar-refractivity contribution in [2.24, 2.45) is 22.5 Å². The van der Waals surface area contributed by atoms with Crippen LogP contribution in [0.1, 0.15) is 40.0 Å².